The van der Waals surface area contributed by atoms with Crippen LogP contribution >= 0.6 is 11.8 Å². The van der Waals surface area contributed by atoms with Crippen LogP contribution in [0.1, 0.15) is 44.2 Å². The lowest BCUT2D eigenvalue weighted by Gasteiger charge is -2.23. The second kappa shape index (κ2) is 9.35. The molecule has 0 fully saturated rings. The Labute approximate surface area is 174 Å². The number of H-pyrrole nitrogens is 1. The zero-order valence-corrected chi connectivity index (χ0v) is 17.8. The molecule has 1 aromatic heterocycles. The highest BCUT2D eigenvalue weighted by Crippen LogP contribution is 2.28. The summed E-state index contributed by atoms with van der Waals surface area (Å²) in [5, 5.41) is 0. The molecule has 1 aliphatic carbocycles. The zero-order chi connectivity index (χ0) is 21.0. The van der Waals surface area contributed by atoms with Crippen molar-refractivity contribution in [2.24, 2.45) is 0 Å². The number of carbonyl (C=O) groups is 1. The lowest BCUT2D eigenvalue weighted by Crippen LogP contribution is -2.41. The average molecular weight is 417 g/mol. The minimum Gasteiger partial charge on any atom is -0.383 e. The number of nitrogens with two attached hydrogens (primary N) is 1. The molecule has 3 rings (SSSR count). The third kappa shape index (κ3) is 4.58. The van der Waals surface area contributed by atoms with Gasteiger partial charge in [-0.2, -0.15) is 0 Å². The number of amides is 1. The maximum Gasteiger partial charge on any atom is 0.330 e. The maximum atomic E-state index is 12.9. The van der Waals surface area contributed by atoms with Crippen LogP contribution in [-0.4, -0.2) is 27.8 Å². The van der Waals surface area contributed by atoms with Crippen LogP contribution < -0.4 is 21.9 Å². The molecule has 0 radical (unpaired) electrons. The van der Waals surface area contributed by atoms with Crippen LogP contribution in [0.3, 0.4) is 0 Å². The number of nitrogens with zero attached hydrogens (tertiary/aromatic N) is 2. The van der Waals surface area contributed by atoms with E-state index in [2.05, 4.69) is 17.1 Å². The van der Waals surface area contributed by atoms with E-state index in [0.29, 0.717) is 13.1 Å². The second-order valence-corrected chi connectivity index (χ2v) is 8.26. The van der Waals surface area contributed by atoms with E-state index in [4.69, 9.17) is 5.73 Å². The highest BCUT2D eigenvalue weighted by Gasteiger charge is 2.23. The topological polar surface area (TPSA) is 101 Å². The van der Waals surface area contributed by atoms with Gasteiger partial charge in [0.2, 0.25) is 5.91 Å². The highest BCUT2D eigenvalue weighted by molar-refractivity contribution is 8.00. The van der Waals surface area contributed by atoms with Gasteiger partial charge in [0, 0.05) is 18.0 Å². The molecule has 0 bridgehead atoms. The smallest absolute Gasteiger partial charge is 0.330 e. The molecule has 0 aliphatic heterocycles. The van der Waals surface area contributed by atoms with Crippen molar-refractivity contribution in [1.29, 1.82) is 0 Å². The Morgan fingerprint density at radius 3 is 2.72 bits per heavy atom. The van der Waals surface area contributed by atoms with Crippen LogP contribution in [-0.2, 0) is 24.2 Å². The molecule has 0 saturated carbocycles. The molecular weight excluding hydrogens is 388 g/mol. The van der Waals surface area contributed by atoms with Crippen molar-refractivity contribution in [2.45, 2.75) is 57.4 Å². The van der Waals surface area contributed by atoms with E-state index in [1.807, 2.05) is 13.0 Å². The fourth-order valence-electron chi connectivity index (χ4n) is 3.70. The summed E-state index contributed by atoms with van der Waals surface area (Å²) >= 11 is 1.45. The Balaban J connectivity index is 1.80. The Kier molecular flexibility index (Phi) is 6.84. The Morgan fingerprint density at radius 2 is 2.00 bits per heavy atom. The van der Waals surface area contributed by atoms with Gasteiger partial charge in [0.05, 0.1) is 5.75 Å². The Morgan fingerprint density at radius 1 is 1.24 bits per heavy atom. The molecule has 29 heavy (non-hydrogen) atoms. The first-order chi connectivity index (χ1) is 14.0. The SMILES string of the molecule is CCCCn1c(N)c(N(CC)C(=O)CSc2ccc3c(c2)CCC3)c(=O)[nH]c1=O. The number of aromatic nitrogens is 2. The number of carbonyl (C=O) groups excluding carboxylic acids is 1. The highest BCUT2D eigenvalue weighted by atomic mass is 32.2. The number of unbranched alkanes of at least 4 members (excludes halogenated alkanes) is 1. The van der Waals surface area contributed by atoms with Crippen LogP contribution in [0.2, 0.25) is 0 Å². The number of hydrogen-bond acceptors (Lipinski definition) is 5. The molecule has 0 spiro atoms. The fraction of sp³-hybridized carbons (Fsp3) is 0.476. The van der Waals surface area contributed by atoms with Gasteiger partial charge in [-0.3, -0.25) is 19.1 Å². The van der Waals surface area contributed by atoms with Crippen LogP contribution in [0.25, 0.3) is 0 Å². The van der Waals surface area contributed by atoms with Gasteiger partial charge in [0.15, 0.2) is 5.69 Å². The summed E-state index contributed by atoms with van der Waals surface area (Å²) in [5.41, 5.74) is 7.79. The minimum atomic E-state index is -0.627. The molecule has 1 aliphatic rings. The maximum absolute atomic E-state index is 12.9. The number of aromatic amines is 1. The van der Waals surface area contributed by atoms with Crippen molar-refractivity contribution in [2.75, 3.05) is 22.9 Å². The van der Waals surface area contributed by atoms with Gasteiger partial charge in [-0.05, 0) is 55.9 Å². The summed E-state index contributed by atoms with van der Waals surface area (Å²) in [4.78, 5) is 42.2. The lowest BCUT2D eigenvalue weighted by atomic mass is 10.1. The van der Waals surface area contributed by atoms with Crippen LogP contribution in [0.4, 0.5) is 11.5 Å². The summed E-state index contributed by atoms with van der Waals surface area (Å²) < 4.78 is 1.34. The second-order valence-electron chi connectivity index (χ2n) is 7.21. The summed E-state index contributed by atoms with van der Waals surface area (Å²) in [6.45, 7) is 4.49. The van der Waals surface area contributed by atoms with Crippen molar-refractivity contribution in [3.63, 3.8) is 0 Å². The van der Waals surface area contributed by atoms with E-state index in [1.54, 1.807) is 6.92 Å². The molecule has 2 aromatic rings. The van der Waals surface area contributed by atoms with Crippen molar-refractivity contribution in [3.8, 4) is 0 Å². The van der Waals surface area contributed by atoms with Crippen molar-refractivity contribution >= 4 is 29.2 Å². The van der Waals surface area contributed by atoms with Gasteiger partial charge in [-0.15, -0.1) is 11.8 Å². The fourth-order valence-corrected chi connectivity index (χ4v) is 4.53. The predicted octanol–water partition coefficient (Wildman–Crippen LogP) is 2.55. The van der Waals surface area contributed by atoms with Gasteiger partial charge in [0.25, 0.3) is 5.56 Å². The lowest BCUT2D eigenvalue weighted by molar-refractivity contribution is -0.116. The first-order valence-corrected chi connectivity index (χ1v) is 11.1. The number of thioether (sulfide) groups is 1. The van der Waals surface area contributed by atoms with Crippen molar-refractivity contribution in [3.05, 3.63) is 50.2 Å². The Bertz CT molecular complexity index is 1010. The molecule has 3 N–H and O–H groups in total. The van der Waals surface area contributed by atoms with E-state index < -0.39 is 11.2 Å². The van der Waals surface area contributed by atoms with Crippen LogP contribution in [0.15, 0.2) is 32.7 Å². The molecular formula is C21H28N4O3S. The number of nitrogens with one attached hydrogen (secondary N) is 1. The number of rotatable bonds is 8. The third-order valence-corrected chi connectivity index (χ3v) is 6.25. The van der Waals surface area contributed by atoms with E-state index >= 15 is 0 Å². The molecule has 0 atom stereocenters. The van der Waals surface area contributed by atoms with Gasteiger partial charge in [0.1, 0.15) is 5.82 Å². The number of fused-ring (bicyclic) bond motifs is 1. The number of nitrogen functional groups attached to an aromatic ring is 1. The van der Waals surface area contributed by atoms with Crippen LogP contribution in [0, 0.1) is 0 Å². The zero-order valence-electron chi connectivity index (χ0n) is 17.0. The summed E-state index contributed by atoms with van der Waals surface area (Å²) in [7, 11) is 0. The normalized spacial score (nSPS) is 12.8. The first kappa shape index (κ1) is 21.2. The molecule has 156 valence electrons. The summed E-state index contributed by atoms with van der Waals surface area (Å²) in [6, 6.07) is 6.34. The van der Waals surface area contributed by atoms with E-state index in [9.17, 15) is 14.4 Å². The monoisotopic (exact) mass is 416 g/mol. The van der Waals surface area contributed by atoms with Gasteiger partial charge < -0.3 is 10.6 Å². The summed E-state index contributed by atoms with van der Waals surface area (Å²) in [6.07, 6.45) is 5.03. The largest absolute Gasteiger partial charge is 0.383 e. The number of hydrogen-bond donors (Lipinski definition) is 2. The molecule has 1 amide bonds. The van der Waals surface area contributed by atoms with E-state index in [1.165, 1.54) is 38.8 Å². The van der Waals surface area contributed by atoms with Crippen molar-refractivity contribution in [1.82, 2.24) is 9.55 Å². The summed E-state index contributed by atoms with van der Waals surface area (Å²) in [5.74, 6) is 0.0281. The van der Waals surface area contributed by atoms with Crippen LogP contribution in [0.5, 0.6) is 0 Å². The average Bonchev–Trinajstić information content (AvgIpc) is 3.17. The third-order valence-electron chi connectivity index (χ3n) is 5.27. The molecule has 1 aromatic carbocycles. The van der Waals surface area contributed by atoms with E-state index in [0.717, 1.165) is 30.6 Å². The van der Waals surface area contributed by atoms with Gasteiger partial charge in [-0.1, -0.05) is 19.4 Å². The van der Waals surface area contributed by atoms with E-state index in [-0.39, 0.29) is 23.2 Å². The number of benzene rings is 1. The Hall–Kier alpha value is -2.48. The van der Waals surface area contributed by atoms with Gasteiger partial charge >= 0.3 is 5.69 Å². The standard InChI is InChI=1S/C21H28N4O3S/c1-3-5-11-25-19(22)18(20(27)23-21(25)28)24(4-2)17(26)13-29-16-10-9-14-7-6-8-15(14)12-16/h9-10,12H,3-8,11,13,22H2,1-2H3,(H,23,27,28). The van der Waals surface area contributed by atoms with Gasteiger partial charge in [-0.25, -0.2) is 4.79 Å². The number of anilines is 2. The number of aryl methyl sites for hydroxylation is 2. The molecule has 7 nitrogen and oxygen atoms in total. The minimum absolute atomic E-state index is 0.0462. The quantitative estimate of drug-likeness (QED) is 0.644. The molecule has 8 heteroatoms. The van der Waals surface area contributed by atoms with Crippen molar-refractivity contribution < 1.29 is 4.79 Å². The molecule has 1 heterocycles. The molecule has 0 saturated heterocycles. The first-order valence-electron chi connectivity index (χ1n) is 10.1. The predicted molar refractivity (Wildman–Crippen MR) is 118 cm³/mol. The molecule has 0 unspecified atom stereocenters.